The number of halogens is 2. The normalized spacial score (nSPS) is 9.67. The molecule has 6 rings (SSSR count). The fourth-order valence-corrected chi connectivity index (χ4v) is 13.1. The van der Waals surface area contributed by atoms with Crippen molar-refractivity contribution in [3.8, 4) is 0 Å². The second kappa shape index (κ2) is 15.4. The van der Waals surface area contributed by atoms with E-state index in [1.165, 1.54) is 53.9 Å². The number of hydrogen-bond donors (Lipinski definition) is 0. The van der Waals surface area contributed by atoms with E-state index in [4.69, 9.17) is 0 Å². The monoisotopic (exact) mass is 736 g/mol. The van der Waals surface area contributed by atoms with Gasteiger partial charge in [-0.2, -0.15) is 12.1 Å². The molecule has 0 aliphatic rings. The Kier molecular flexibility index (Phi) is 12.9. The summed E-state index contributed by atoms with van der Waals surface area (Å²) in [6, 6.07) is 47.6. The van der Waals surface area contributed by atoms with Crippen LogP contribution in [-0.2, 0) is 21.3 Å². The SMILES string of the molecule is Cc1cc2ccccc2[cH-]1.Cc1cc2ccccc2[cH-]1.[Cl-].[Cl-].[Hf+2]=[Ge]([c]1ccccc1)[c]1ccccc1. The molecule has 0 unspecified atom stereocenters. The van der Waals surface area contributed by atoms with Gasteiger partial charge in [-0.3, -0.25) is 0 Å². The first-order valence-electron chi connectivity index (χ1n) is 11.5. The van der Waals surface area contributed by atoms with Crippen molar-refractivity contribution in [2.24, 2.45) is 0 Å². The second-order valence-corrected chi connectivity index (χ2v) is 21.8. The molecule has 0 saturated carbocycles. The molecule has 0 heterocycles. The molecule has 0 fully saturated rings. The average molecular weight is 735 g/mol. The standard InChI is InChI=1S/C12H10Ge.2C10H9.2ClH.Hf/c1-3-7-11(8-4-1)13-12-9-5-2-6-10-12;2*1-8-6-9-4-2-3-5-10(9)7-8;;;/h1-10H;2*2-7H,1H3;2*1H;/q;2*-1;;;+2/p-2. The minimum atomic E-state index is -1.06. The molecular weight excluding hydrogens is 706 g/mol. The van der Waals surface area contributed by atoms with Gasteiger partial charge in [0.1, 0.15) is 0 Å². The van der Waals surface area contributed by atoms with Crippen LogP contribution in [0.3, 0.4) is 0 Å². The molecule has 6 aromatic rings. The predicted octanol–water partition coefficient (Wildman–Crippen LogP) is 1.08. The molecule has 0 nitrogen and oxygen atoms in total. The minimum absolute atomic E-state index is 0. The number of benzene rings is 4. The third-order valence-corrected chi connectivity index (χ3v) is 20.2. The van der Waals surface area contributed by atoms with E-state index in [-0.39, 0.29) is 24.8 Å². The Morgan fingerprint density at radius 3 is 1.19 bits per heavy atom. The Balaban J connectivity index is 0.000000188. The first kappa shape index (κ1) is 30.3. The van der Waals surface area contributed by atoms with E-state index in [0.29, 0.717) is 0 Å². The Morgan fingerprint density at radius 2 is 0.833 bits per heavy atom. The summed E-state index contributed by atoms with van der Waals surface area (Å²) in [5, 5.41) is 5.39. The Labute approximate surface area is 243 Å². The zero-order valence-corrected chi connectivity index (χ0v) is 27.7. The molecule has 4 heteroatoms. The predicted molar refractivity (Wildman–Crippen MR) is 146 cm³/mol. The fourth-order valence-electron chi connectivity index (χ4n) is 3.99. The summed E-state index contributed by atoms with van der Waals surface area (Å²) in [6.07, 6.45) is 0. The van der Waals surface area contributed by atoms with Crippen molar-refractivity contribution < 1.29 is 46.1 Å². The van der Waals surface area contributed by atoms with Gasteiger partial charge in [-0.1, -0.05) is 26.0 Å². The van der Waals surface area contributed by atoms with Crippen molar-refractivity contribution in [2.75, 3.05) is 0 Å². The van der Waals surface area contributed by atoms with Gasteiger partial charge in [-0.15, -0.1) is 81.2 Å². The maximum atomic E-state index is 2.29. The summed E-state index contributed by atoms with van der Waals surface area (Å²) < 4.78 is 3.20. The molecule has 0 saturated heterocycles. The molecule has 0 N–H and O–H groups in total. The van der Waals surface area contributed by atoms with Crippen LogP contribution >= 0.6 is 0 Å². The maximum absolute atomic E-state index is 2.29. The van der Waals surface area contributed by atoms with Crippen LogP contribution in [0.5, 0.6) is 0 Å². The molecule has 0 aromatic heterocycles. The summed E-state index contributed by atoms with van der Waals surface area (Å²) in [5.41, 5.74) is 2.70. The van der Waals surface area contributed by atoms with E-state index in [2.05, 4.69) is 147 Å². The third kappa shape index (κ3) is 8.59. The summed E-state index contributed by atoms with van der Waals surface area (Å²) in [5.74, 6) is 0. The molecule has 0 aliphatic heterocycles. The molecule has 0 radical (unpaired) electrons. The van der Waals surface area contributed by atoms with Crippen LogP contribution in [0.25, 0.3) is 21.5 Å². The number of aryl methyl sites for hydroxylation is 2. The molecule has 0 spiro atoms. The first-order chi connectivity index (χ1) is 16.6. The van der Waals surface area contributed by atoms with Crippen LogP contribution in [0.15, 0.2) is 133 Å². The van der Waals surface area contributed by atoms with Crippen LogP contribution in [0, 0.1) is 13.8 Å². The first-order valence-corrected chi connectivity index (χ1v) is 24.0. The van der Waals surface area contributed by atoms with Crippen LogP contribution in [0.1, 0.15) is 11.1 Å². The van der Waals surface area contributed by atoms with Gasteiger partial charge in [0.15, 0.2) is 0 Å². The zero-order chi connectivity index (χ0) is 23.8. The average Bonchev–Trinajstić information content (AvgIpc) is 3.46. The topological polar surface area (TPSA) is 0 Å². The van der Waals surface area contributed by atoms with Gasteiger partial charge in [0.25, 0.3) is 0 Å². The van der Waals surface area contributed by atoms with Crippen molar-refractivity contribution in [2.45, 2.75) is 13.8 Å². The van der Waals surface area contributed by atoms with Crippen LogP contribution < -0.4 is 33.6 Å². The van der Waals surface area contributed by atoms with Gasteiger partial charge in [0.05, 0.1) is 0 Å². The Morgan fingerprint density at radius 1 is 0.500 bits per heavy atom. The number of fused-ring (bicyclic) bond motifs is 2. The molecule has 0 atom stereocenters. The summed E-state index contributed by atoms with van der Waals surface area (Å²) in [4.78, 5) is 0. The molecule has 180 valence electrons. The van der Waals surface area contributed by atoms with Crippen LogP contribution in [0.4, 0.5) is 0 Å². The molecule has 36 heavy (non-hydrogen) atoms. The number of rotatable bonds is 2. The van der Waals surface area contributed by atoms with E-state index < -0.39 is 10.1 Å². The van der Waals surface area contributed by atoms with Gasteiger partial charge in [-0.05, 0) is 0 Å². The van der Waals surface area contributed by atoms with Crippen molar-refractivity contribution in [1.82, 2.24) is 0 Å². The third-order valence-electron chi connectivity index (χ3n) is 5.65. The van der Waals surface area contributed by atoms with Crippen molar-refractivity contribution in [3.63, 3.8) is 0 Å². The van der Waals surface area contributed by atoms with Gasteiger partial charge >= 0.3 is 101 Å². The Bertz CT molecular complexity index is 1300. The summed E-state index contributed by atoms with van der Waals surface area (Å²) >= 11 is 1.33. The number of hydrogen-bond acceptors (Lipinski definition) is 0. The summed E-state index contributed by atoms with van der Waals surface area (Å²) in [7, 11) is -1.06. The molecule has 0 amide bonds. The fraction of sp³-hybridized carbons (Fsp3) is 0.0625. The molecule has 6 aromatic carbocycles. The van der Waals surface area contributed by atoms with E-state index in [1.54, 1.807) is 8.79 Å². The van der Waals surface area contributed by atoms with Crippen LogP contribution in [0.2, 0.25) is 0 Å². The van der Waals surface area contributed by atoms with Gasteiger partial charge in [0, 0.05) is 0 Å². The van der Waals surface area contributed by atoms with E-state index in [9.17, 15) is 0 Å². The molecule has 0 bridgehead atoms. The quantitative estimate of drug-likeness (QED) is 0.185. The van der Waals surface area contributed by atoms with Gasteiger partial charge in [-0.25, -0.2) is 0 Å². The van der Waals surface area contributed by atoms with Crippen molar-refractivity contribution in [1.29, 1.82) is 0 Å². The zero-order valence-electron chi connectivity index (χ0n) is 20.5. The molecule has 0 aliphatic carbocycles. The Hall–Kier alpha value is -1.91. The molecular formula is C32H28Cl2GeHf-2. The van der Waals surface area contributed by atoms with E-state index in [0.717, 1.165) is 0 Å². The van der Waals surface area contributed by atoms with Gasteiger partial charge in [0.2, 0.25) is 0 Å². The summed E-state index contributed by atoms with van der Waals surface area (Å²) in [6.45, 7) is 4.25. The van der Waals surface area contributed by atoms with Crippen LogP contribution in [-0.4, -0.2) is 10.1 Å². The van der Waals surface area contributed by atoms with E-state index in [1.807, 2.05) is 0 Å². The van der Waals surface area contributed by atoms with E-state index >= 15 is 0 Å². The van der Waals surface area contributed by atoms with Crippen molar-refractivity contribution >= 4 is 40.4 Å². The second-order valence-electron chi connectivity index (χ2n) is 8.43. The van der Waals surface area contributed by atoms with Gasteiger partial charge < -0.3 is 24.8 Å². The van der Waals surface area contributed by atoms with Crippen molar-refractivity contribution in [3.05, 3.63) is 145 Å².